The molecule has 0 radical (unpaired) electrons. The predicted octanol–water partition coefficient (Wildman–Crippen LogP) is 1.55. The van der Waals surface area contributed by atoms with Crippen molar-refractivity contribution < 1.29 is 9.53 Å². The van der Waals surface area contributed by atoms with Gasteiger partial charge in [-0.05, 0) is 25.0 Å². The molecule has 1 atom stereocenters. The van der Waals surface area contributed by atoms with Crippen LogP contribution in [-0.4, -0.2) is 34.3 Å². The summed E-state index contributed by atoms with van der Waals surface area (Å²) in [5, 5.41) is 9.84. The molecule has 1 aliphatic rings. The van der Waals surface area contributed by atoms with Gasteiger partial charge in [-0.3, -0.25) is 14.9 Å². The Balaban J connectivity index is 1.69. The van der Waals surface area contributed by atoms with Crippen LogP contribution in [0.25, 0.3) is 0 Å². The summed E-state index contributed by atoms with van der Waals surface area (Å²) in [7, 11) is 0. The molecule has 1 amide bonds. The van der Waals surface area contributed by atoms with E-state index >= 15 is 0 Å². The minimum atomic E-state index is -0.129. The van der Waals surface area contributed by atoms with Gasteiger partial charge in [0, 0.05) is 18.7 Å². The summed E-state index contributed by atoms with van der Waals surface area (Å²) in [6.07, 6.45) is 4.23. The third kappa shape index (κ3) is 2.95. The van der Waals surface area contributed by atoms with Crippen LogP contribution in [0.2, 0.25) is 0 Å². The van der Waals surface area contributed by atoms with E-state index in [4.69, 9.17) is 4.74 Å². The van der Waals surface area contributed by atoms with Gasteiger partial charge in [0.15, 0.2) is 0 Å². The Bertz CT molecular complexity index is 632. The first-order valence-corrected chi connectivity index (χ1v) is 7.05. The van der Waals surface area contributed by atoms with Gasteiger partial charge in [-0.1, -0.05) is 6.07 Å². The van der Waals surface area contributed by atoms with Gasteiger partial charge in [0.05, 0.1) is 36.3 Å². The van der Waals surface area contributed by atoms with E-state index in [2.05, 4.69) is 20.5 Å². The molecule has 110 valence electrons. The maximum atomic E-state index is 12.3. The van der Waals surface area contributed by atoms with Crippen LogP contribution in [0.4, 0.5) is 0 Å². The Morgan fingerprint density at radius 1 is 1.57 bits per heavy atom. The molecule has 2 N–H and O–H groups in total. The van der Waals surface area contributed by atoms with E-state index < -0.39 is 0 Å². The Kier molecular flexibility index (Phi) is 3.96. The molecule has 0 spiro atoms. The summed E-state index contributed by atoms with van der Waals surface area (Å²) in [6.45, 7) is 3.77. The number of carbonyl (C=O) groups is 1. The number of pyridine rings is 1. The first-order valence-electron chi connectivity index (χ1n) is 7.05. The lowest BCUT2D eigenvalue weighted by Crippen LogP contribution is -2.25. The van der Waals surface area contributed by atoms with Crippen molar-refractivity contribution in [3.63, 3.8) is 0 Å². The van der Waals surface area contributed by atoms with Crippen molar-refractivity contribution in [2.24, 2.45) is 0 Å². The van der Waals surface area contributed by atoms with Gasteiger partial charge in [-0.25, -0.2) is 0 Å². The SMILES string of the molecule is Cc1cccnc1CNC(=O)c1cn[nH]c1[C@H]1CCOC1. The smallest absolute Gasteiger partial charge is 0.255 e. The van der Waals surface area contributed by atoms with Crippen molar-refractivity contribution in [3.8, 4) is 0 Å². The van der Waals surface area contributed by atoms with Gasteiger partial charge in [0.2, 0.25) is 0 Å². The highest BCUT2D eigenvalue weighted by atomic mass is 16.5. The zero-order valence-electron chi connectivity index (χ0n) is 11.9. The summed E-state index contributed by atoms with van der Waals surface area (Å²) in [5.41, 5.74) is 3.40. The first kappa shape index (κ1) is 13.8. The Morgan fingerprint density at radius 3 is 3.24 bits per heavy atom. The molecule has 0 unspecified atom stereocenters. The molecule has 0 aromatic carbocycles. The van der Waals surface area contributed by atoms with Crippen molar-refractivity contribution in [1.82, 2.24) is 20.5 Å². The molecule has 6 nitrogen and oxygen atoms in total. The zero-order valence-corrected chi connectivity index (χ0v) is 11.9. The number of amides is 1. The maximum Gasteiger partial charge on any atom is 0.255 e. The number of hydrogen-bond acceptors (Lipinski definition) is 4. The number of nitrogens with zero attached hydrogens (tertiary/aromatic N) is 2. The third-order valence-electron chi connectivity index (χ3n) is 3.79. The van der Waals surface area contributed by atoms with E-state index in [0.717, 1.165) is 30.0 Å². The van der Waals surface area contributed by atoms with E-state index in [0.29, 0.717) is 18.7 Å². The maximum absolute atomic E-state index is 12.3. The minimum Gasteiger partial charge on any atom is -0.381 e. The molecule has 6 heteroatoms. The Labute approximate surface area is 122 Å². The lowest BCUT2D eigenvalue weighted by atomic mass is 10.0. The second kappa shape index (κ2) is 6.05. The molecule has 1 saturated heterocycles. The average molecular weight is 286 g/mol. The fourth-order valence-corrected chi connectivity index (χ4v) is 2.51. The molecule has 0 bridgehead atoms. The number of H-pyrrole nitrogens is 1. The summed E-state index contributed by atoms with van der Waals surface area (Å²) in [5.74, 6) is 0.0977. The quantitative estimate of drug-likeness (QED) is 0.893. The minimum absolute atomic E-state index is 0.129. The highest BCUT2D eigenvalue weighted by molar-refractivity contribution is 5.95. The molecule has 0 saturated carbocycles. The van der Waals surface area contributed by atoms with Crippen LogP contribution in [0.1, 0.15) is 39.6 Å². The summed E-state index contributed by atoms with van der Waals surface area (Å²) >= 11 is 0. The molecule has 1 aliphatic heterocycles. The summed E-state index contributed by atoms with van der Waals surface area (Å²) < 4.78 is 5.37. The van der Waals surface area contributed by atoms with E-state index in [1.165, 1.54) is 0 Å². The average Bonchev–Trinajstić information content (AvgIpc) is 3.16. The summed E-state index contributed by atoms with van der Waals surface area (Å²) in [6, 6.07) is 3.86. The number of aromatic nitrogens is 3. The topological polar surface area (TPSA) is 79.9 Å². The van der Waals surface area contributed by atoms with E-state index in [9.17, 15) is 4.79 Å². The molecule has 1 fully saturated rings. The van der Waals surface area contributed by atoms with E-state index in [1.54, 1.807) is 12.4 Å². The van der Waals surface area contributed by atoms with Crippen LogP contribution in [-0.2, 0) is 11.3 Å². The number of nitrogens with one attached hydrogen (secondary N) is 2. The van der Waals surface area contributed by atoms with Crippen LogP contribution in [0.3, 0.4) is 0 Å². The monoisotopic (exact) mass is 286 g/mol. The number of aromatic amines is 1. The van der Waals surface area contributed by atoms with Crippen LogP contribution >= 0.6 is 0 Å². The van der Waals surface area contributed by atoms with Crippen LogP contribution in [0, 0.1) is 6.92 Å². The Morgan fingerprint density at radius 2 is 2.48 bits per heavy atom. The number of rotatable bonds is 4. The lowest BCUT2D eigenvalue weighted by Gasteiger charge is -2.09. The molecule has 0 aliphatic carbocycles. The van der Waals surface area contributed by atoms with Crippen molar-refractivity contribution in [2.75, 3.05) is 13.2 Å². The van der Waals surface area contributed by atoms with Crippen molar-refractivity contribution in [3.05, 3.63) is 47.0 Å². The van der Waals surface area contributed by atoms with Crippen LogP contribution < -0.4 is 5.32 Å². The summed E-state index contributed by atoms with van der Waals surface area (Å²) in [4.78, 5) is 16.6. The molecule has 21 heavy (non-hydrogen) atoms. The second-order valence-corrected chi connectivity index (χ2v) is 5.21. The molecule has 2 aromatic heterocycles. The normalized spacial score (nSPS) is 17.9. The van der Waals surface area contributed by atoms with Crippen molar-refractivity contribution in [2.45, 2.75) is 25.8 Å². The molecular weight excluding hydrogens is 268 g/mol. The standard InChI is InChI=1S/C15H18N4O2/c1-10-3-2-5-16-13(10)8-17-15(20)12-7-18-19-14(12)11-4-6-21-9-11/h2-3,5,7,11H,4,6,8-9H2,1H3,(H,17,20)(H,18,19)/t11-/m0/s1. The second-order valence-electron chi connectivity index (χ2n) is 5.21. The fourth-order valence-electron chi connectivity index (χ4n) is 2.51. The van der Waals surface area contributed by atoms with E-state index in [1.807, 2.05) is 19.1 Å². The van der Waals surface area contributed by atoms with Gasteiger partial charge >= 0.3 is 0 Å². The van der Waals surface area contributed by atoms with Crippen LogP contribution in [0.15, 0.2) is 24.5 Å². The van der Waals surface area contributed by atoms with Gasteiger partial charge in [0.25, 0.3) is 5.91 Å². The molecule has 3 heterocycles. The predicted molar refractivity (Wildman–Crippen MR) is 76.9 cm³/mol. The van der Waals surface area contributed by atoms with E-state index in [-0.39, 0.29) is 11.8 Å². The molecule has 2 aromatic rings. The third-order valence-corrected chi connectivity index (χ3v) is 3.79. The first-order chi connectivity index (χ1) is 10.3. The van der Waals surface area contributed by atoms with Crippen molar-refractivity contribution in [1.29, 1.82) is 0 Å². The molecule has 3 rings (SSSR count). The van der Waals surface area contributed by atoms with Gasteiger partial charge in [0.1, 0.15) is 0 Å². The van der Waals surface area contributed by atoms with Crippen LogP contribution in [0.5, 0.6) is 0 Å². The van der Waals surface area contributed by atoms with Gasteiger partial charge in [-0.15, -0.1) is 0 Å². The lowest BCUT2D eigenvalue weighted by molar-refractivity contribution is 0.0949. The highest BCUT2D eigenvalue weighted by Crippen LogP contribution is 2.26. The fraction of sp³-hybridized carbons (Fsp3) is 0.400. The van der Waals surface area contributed by atoms with Gasteiger partial charge < -0.3 is 10.1 Å². The van der Waals surface area contributed by atoms with Gasteiger partial charge in [-0.2, -0.15) is 5.10 Å². The largest absolute Gasteiger partial charge is 0.381 e. The van der Waals surface area contributed by atoms with Crippen molar-refractivity contribution >= 4 is 5.91 Å². The number of carbonyl (C=O) groups excluding carboxylic acids is 1. The highest BCUT2D eigenvalue weighted by Gasteiger charge is 2.25. The zero-order chi connectivity index (χ0) is 14.7. The Hall–Kier alpha value is -2.21. The number of hydrogen-bond donors (Lipinski definition) is 2. The number of aryl methyl sites for hydroxylation is 1. The number of ether oxygens (including phenoxy) is 1. The molecular formula is C15H18N4O2.